The quantitative estimate of drug-likeness (QED) is 0.698. The van der Waals surface area contributed by atoms with Crippen LogP contribution in [0.15, 0.2) is 0 Å². The second-order valence-corrected chi connectivity index (χ2v) is 6.12. The molecule has 2 amide bonds. The number of nitrogens with zero attached hydrogens (tertiary/aromatic N) is 1. The fourth-order valence-corrected chi connectivity index (χ4v) is 2.80. The zero-order chi connectivity index (χ0) is 16.0. The zero-order valence-corrected chi connectivity index (χ0v) is 13.3. The van der Waals surface area contributed by atoms with Crippen molar-refractivity contribution >= 4 is 29.7 Å². The Labute approximate surface area is 128 Å². The normalized spacial score (nSPS) is 22.7. The van der Waals surface area contributed by atoms with Crippen molar-refractivity contribution in [3.05, 3.63) is 0 Å². The highest BCUT2D eigenvalue weighted by Gasteiger charge is 2.38. The van der Waals surface area contributed by atoms with Gasteiger partial charge in [-0.25, -0.2) is 9.59 Å². The number of rotatable bonds is 6. The topological polar surface area (TPSA) is 95.9 Å². The zero-order valence-electron chi connectivity index (χ0n) is 12.5. The van der Waals surface area contributed by atoms with Gasteiger partial charge in [-0.3, -0.25) is 4.79 Å². The van der Waals surface area contributed by atoms with Gasteiger partial charge in [0.2, 0.25) is 0 Å². The number of methoxy groups -OCH3 is 1. The van der Waals surface area contributed by atoms with Crippen molar-refractivity contribution in [2.45, 2.75) is 19.4 Å². The van der Waals surface area contributed by atoms with E-state index in [0.717, 1.165) is 0 Å². The molecule has 1 aliphatic rings. The van der Waals surface area contributed by atoms with E-state index in [-0.39, 0.29) is 24.3 Å². The molecule has 7 nitrogen and oxygen atoms in total. The van der Waals surface area contributed by atoms with Crippen molar-refractivity contribution in [2.24, 2.45) is 11.8 Å². The van der Waals surface area contributed by atoms with E-state index >= 15 is 0 Å². The van der Waals surface area contributed by atoms with E-state index in [1.807, 2.05) is 13.2 Å². The molecule has 0 saturated carbocycles. The first-order valence-electron chi connectivity index (χ1n) is 6.75. The number of amides is 2. The summed E-state index contributed by atoms with van der Waals surface area (Å²) in [6, 6.07) is -1.35. The van der Waals surface area contributed by atoms with Gasteiger partial charge in [0.1, 0.15) is 6.04 Å². The third-order valence-corrected chi connectivity index (χ3v) is 4.25. The number of carbonyl (C=O) groups excluding carboxylic acids is 2. The minimum Gasteiger partial charge on any atom is -0.480 e. The second kappa shape index (κ2) is 8.11. The van der Waals surface area contributed by atoms with Crippen LogP contribution in [-0.4, -0.2) is 66.2 Å². The minimum absolute atomic E-state index is 0.00215. The van der Waals surface area contributed by atoms with Crippen LogP contribution in [0.2, 0.25) is 0 Å². The van der Waals surface area contributed by atoms with Crippen LogP contribution in [-0.2, 0) is 14.3 Å². The van der Waals surface area contributed by atoms with Crippen LogP contribution in [0.5, 0.6) is 0 Å². The maximum atomic E-state index is 12.1. The van der Waals surface area contributed by atoms with Gasteiger partial charge < -0.3 is 20.1 Å². The molecule has 0 radical (unpaired) electrons. The molecule has 3 unspecified atom stereocenters. The van der Waals surface area contributed by atoms with Crippen molar-refractivity contribution in [3.8, 4) is 0 Å². The SMILES string of the molecule is COC(=O)C1CN(C(=O)NC(CCSC)C(=O)O)CC1C. The van der Waals surface area contributed by atoms with E-state index in [4.69, 9.17) is 9.84 Å². The summed E-state index contributed by atoms with van der Waals surface area (Å²) < 4.78 is 4.71. The number of esters is 1. The van der Waals surface area contributed by atoms with Gasteiger partial charge in [0.25, 0.3) is 0 Å². The van der Waals surface area contributed by atoms with Crippen LogP contribution in [0, 0.1) is 11.8 Å². The number of carboxylic acid groups (broad SMARTS) is 1. The van der Waals surface area contributed by atoms with E-state index in [1.165, 1.54) is 23.8 Å². The van der Waals surface area contributed by atoms with Gasteiger partial charge in [-0.15, -0.1) is 0 Å². The van der Waals surface area contributed by atoms with Crippen molar-refractivity contribution < 1.29 is 24.2 Å². The first kappa shape index (κ1) is 17.6. The van der Waals surface area contributed by atoms with E-state index in [9.17, 15) is 14.4 Å². The standard InChI is InChI=1S/C13H22N2O5S/c1-8-6-15(7-9(8)12(18)20-2)13(19)14-10(11(16)17)4-5-21-3/h8-10H,4-7H2,1-3H3,(H,14,19)(H,16,17). The summed E-state index contributed by atoms with van der Waals surface area (Å²) in [4.78, 5) is 36.3. The molecule has 1 fully saturated rings. The Balaban J connectivity index is 2.59. The third kappa shape index (κ3) is 4.80. The summed E-state index contributed by atoms with van der Waals surface area (Å²) in [5.41, 5.74) is 0. The molecule has 2 N–H and O–H groups in total. The highest BCUT2D eigenvalue weighted by atomic mass is 32.2. The molecule has 0 bridgehead atoms. The number of carbonyl (C=O) groups is 3. The van der Waals surface area contributed by atoms with E-state index in [2.05, 4.69) is 5.32 Å². The maximum absolute atomic E-state index is 12.1. The molecule has 1 aliphatic heterocycles. The highest BCUT2D eigenvalue weighted by molar-refractivity contribution is 7.98. The second-order valence-electron chi connectivity index (χ2n) is 5.13. The molecule has 1 saturated heterocycles. The summed E-state index contributed by atoms with van der Waals surface area (Å²) >= 11 is 1.52. The number of hydrogen-bond acceptors (Lipinski definition) is 5. The minimum atomic E-state index is -1.05. The van der Waals surface area contributed by atoms with Crippen LogP contribution < -0.4 is 5.32 Å². The lowest BCUT2D eigenvalue weighted by Crippen LogP contribution is -2.47. The number of nitrogens with one attached hydrogen (secondary N) is 1. The predicted molar refractivity (Wildman–Crippen MR) is 79.2 cm³/mol. The van der Waals surface area contributed by atoms with E-state index in [1.54, 1.807) is 0 Å². The van der Waals surface area contributed by atoms with Crippen LogP contribution in [0.4, 0.5) is 4.79 Å². The lowest BCUT2D eigenvalue weighted by molar-refractivity contribution is -0.146. The van der Waals surface area contributed by atoms with E-state index < -0.39 is 18.0 Å². The van der Waals surface area contributed by atoms with Gasteiger partial charge in [-0.05, 0) is 24.3 Å². The number of hydrogen-bond donors (Lipinski definition) is 2. The summed E-state index contributed by atoms with van der Waals surface area (Å²) in [6.45, 7) is 2.55. The lowest BCUT2D eigenvalue weighted by atomic mass is 9.99. The number of likely N-dealkylation sites (tertiary alicyclic amines) is 1. The van der Waals surface area contributed by atoms with Crippen LogP contribution in [0.3, 0.4) is 0 Å². The van der Waals surface area contributed by atoms with Gasteiger partial charge in [0.15, 0.2) is 0 Å². The molecule has 1 rings (SSSR count). The predicted octanol–water partition coefficient (Wildman–Crippen LogP) is 0.643. The van der Waals surface area contributed by atoms with Gasteiger partial charge in [0, 0.05) is 13.1 Å². The molecular formula is C13H22N2O5S. The molecule has 8 heteroatoms. The smallest absolute Gasteiger partial charge is 0.326 e. The number of carboxylic acids is 1. The average molecular weight is 318 g/mol. The first-order chi connectivity index (χ1) is 9.90. The molecule has 3 atom stereocenters. The first-order valence-corrected chi connectivity index (χ1v) is 8.15. The molecule has 0 spiro atoms. The molecule has 0 aromatic rings. The summed E-state index contributed by atoms with van der Waals surface area (Å²) in [6.07, 6.45) is 2.25. The third-order valence-electron chi connectivity index (χ3n) is 3.61. The molecule has 0 aliphatic carbocycles. The van der Waals surface area contributed by atoms with Gasteiger partial charge in [-0.2, -0.15) is 11.8 Å². The van der Waals surface area contributed by atoms with Gasteiger partial charge >= 0.3 is 18.0 Å². The number of thioether (sulfide) groups is 1. The maximum Gasteiger partial charge on any atom is 0.326 e. The van der Waals surface area contributed by atoms with Crippen molar-refractivity contribution in [3.63, 3.8) is 0 Å². The monoisotopic (exact) mass is 318 g/mol. The van der Waals surface area contributed by atoms with Crippen LogP contribution >= 0.6 is 11.8 Å². The Kier molecular flexibility index (Phi) is 6.80. The Morgan fingerprint density at radius 3 is 2.62 bits per heavy atom. The molecular weight excluding hydrogens is 296 g/mol. The lowest BCUT2D eigenvalue weighted by Gasteiger charge is -2.20. The molecule has 120 valence electrons. The van der Waals surface area contributed by atoms with Gasteiger partial charge in [0.05, 0.1) is 13.0 Å². The Morgan fingerprint density at radius 2 is 2.10 bits per heavy atom. The molecule has 0 aromatic heterocycles. The largest absolute Gasteiger partial charge is 0.480 e. The fourth-order valence-electron chi connectivity index (χ4n) is 2.32. The fraction of sp³-hybridized carbons (Fsp3) is 0.769. The van der Waals surface area contributed by atoms with Crippen molar-refractivity contribution in [2.75, 3.05) is 32.2 Å². The Morgan fingerprint density at radius 1 is 1.43 bits per heavy atom. The molecule has 21 heavy (non-hydrogen) atoms. The molecule has 0 aromatic carbocycles. The van der Waals surface area contributed by atoms with Crippen LogP contribution in [0.25, 0.3) is 0 Å². The number of aliphatic carboxylic acids is 1. The average Bonchev–Trinajstić information content (AvgIpc) is 2.84. The summed E-state index contributed by atoms with van der Waals surface area (Å²) in [5.74, 6) is -1.09. The Hall–Kier alpha value is -1.44. The highest BCUT2D eigenvalue weighted by Crippen LogP contribution is 2.24. The Bertz CT molecular complexity index is 404. The van der Waals surface area contributed by atoms with Gasteiger partial charge in [-0.1, -0.05) is 6.92 Å². The van der Waals surface area contributed by atoms with E-state index in [0.29, 0.717) is 18.7 Å². The summed E-state index contributed by atoms with van der Waals surface area (Å²) in [7, 11) is 1.32. The number of ether oxygens (including phenoxy) is 1. The van der Waals surface area contributed by atoms with Crippen molar-refractivity contribution in [1.29, 1.82) is 0 Å². The van der Waals surface area contributed by atoms with Crippen LogP contribution in [0.1, 0.15) is 13.3 Å². The van der Waals surface area contributed by atoms with Crippen molar-refractivity contribution in [1.82, 2.24) is 10.2 Å². The number of urea groups is 1. The summed E-state index contributed by atoms with van der Waals surface area (Å²) in [5, 5.41) is 11.6. The molecule has 1 heterocycles.